The van der Waals surface area contributed by atoms with Crippen LogP contribution in [0, 0.1) is 0 Å². The zero-order chi connectivity index (χ0) is 42.9. The van der Waals surface area contributed by atoms with Gasteiger partial charge in [-0.05, 0) is 127 Å². The third-order valence-corrected chi connectivity index (χ3v) is 15.8. The fourth-order valence-electron chi connectivity index (χ4n) is 11.1. The molecule has 0 N–H and O–H groups in total. The maximum absolute atomic E-state index is 2.51. The molecule has 4 heteroatoms. The number of para-hydroxylation sites is 3. The number of benzene rings is 10. The fourth-order valence-corrected chi connectivity index (χ4v) is 13.2. The fraction of sp³-hybridized carbons (Fsp3) is 0.0164. The Bertz CT molecular complexity index is 3540. The van der Waals surface area contributed by atoms with Crippen LogP contribution in [-0.4, -0.2) is 14.1 Å². The van der Waals surface area contributed by atoms with Gasteiger partial charge in [0.05, 0.1) is 20.5 Å². The summed E-state index contributed by atoms with van der Waals surface area (Å²) in [6, 6.07) is 92.1. The van der Waals surface area contributed by atoms with Gasteiger partial charge in [0.1, 0.15) is 5.82 Å². The predicted octanol–water partition coefficient (Wildman–Crippen LogP) is 13.5. The van der Waals surface area contributed by atoms with Crippen LogP contribution in [0.2, 0.25) is 0 Å². The van der Waals surface area contributed by atoms with Crippen LogP contribution < -0.4 is 20.2 Å². The molecule has 65 heavy (non-hydrogen) atoms. The molecular formula is C61H43N3Si. The van der Waals surface area contributed by atoms with E-state index in [9.17, 15) is 0 Å². The van der Waals surface area contributed by atoms with Gasteiger partial charge in [0.2, 0.25) is 0 Å². The van der Waals surface area contributed by atoms with Crippen molar-refractivity contribution in [2.45, 2.75) is 5.41 Å². The van der Waals surface area contributed by atoms with Crippen molar-refractivity contribution in [3.05, 3.63) is 271 Å². The normalized spacial score (nSPS) is 13.6. The van der Waals surface area contributed by atoms with Gasteiger partial charge < -0.3 is 4.90 Å². The van der Waals surface area contributed by atoms with Crippen molar-refractivity contribution in [1.82, 2.24) is 4.57 Å². The second-order valence-corrected chi connectivity index (χ2v) is 19.1. The van der Waals surface area contributed by atoms with Gasteiger partial charge in [-0.2, -0.15) is 0 Å². The van der Waals surface area contributed by atoms with E-state index in [1.165, 1.54) is 82.6 Å². The molecular weight excluding hydrogens is 803 g/mol. The van der Waals surface area contributed by atoms with E-state index in [2.05, 4.69) is 263 Å². The molecule has 1 aliphatic heterocycles. The molecule has 10 aromatic carbocycles. The Morgan fingerprint density at radius 2 is 0.954 bits per heavy atom. The van der Waals surface area contributed by atoms with E-state index in [0.29, 0.717) is 0 Å². The van der Waals surface area contributed by atoms with E-state index >= 15 is 0 Å². The zero-order valence-corrected chi connectivity index (χ0v) is 37.1. The lowest BCUT2D eigenvalue weighted by atomic mass is 9.67. The van der Waals surface area contributed by atoms with Crippen LogP contribution in [0.15, 0.2) is 249 Å². The smallest absolute Gasteiger partial charge is 0.122 e. The molecule has 0 saturated carbocycles. The first kappa shape index (κ1) is 37.4. The van der Waals surface area contributed by atoms with Crippen LogP contribution in [0.5, 0.6) is 0 Å². The van der Waals surface area contributed by atoms with Crippen LogP contribution in [0.4, 0.5) is 34.3 Å². The molecule has 0 radical (unpaired) electrons. The van der Waals surface area contributed by atoms with E-state index < -0.39 is 14.9 Å². The van der Waals surface area contributed by atoms with Crippen LogP contribution in [-0.2, 0) is 5.41 Å². The first-order chi connectivity index (χ1) is 32.3. The Morgan fingerprint density at radius 3 is 1.71 bits per heavy atom. The van der Waals surface area contributed by atoms with Crippen LogP contribution in [0.25, 0.3) is 38.5 Å². The van der Waals surface area contributed by atoms with Gasteiger partial charge in [-0.3, -0.25) is 9.47 Å². The molecule has 306 valence electrons. The lowest BCUT2D eigenvalue weighted by Gasteiger charge is -2.36. The summed E-state index contributed by atoms with van der Waals surface area (Å²) in [4.78, 5) is 5.01. The minimum Gasteiger partial charge on any atom is -0.310 e. The van der Waals surface area contributed by atoms with Crippen molar-refractivity contribution in [2.75, 3.05) is 9.80 Å². The highest BCUT2D eigenvalue weighted by Crippen LogP contribution is 2.57. The monoisotopic (exact) mass is 845 g/mol. The van der Waals surface area contributed by atoms with Gasteiger partial charge >= 0.3 is 0 Å². The molecule has 1 aliphatic carbocycles. The van der Waals surface area contributed by atoms with Crippen LogP contribution >= 0.6 is 0 Å². The molecule has 0 atom stereocenters. The Morgan fingerprint density at radius 1 is 0.400 bits per heavy atom. The summed E-state index contributed by atoms with van der Waals surface area (Å²) in [5, 5.41) is 6.65. The molecule has 0 bridgehead atoms. The van der Waals surface area contributed by atoms with Gasteiger partial charge in [0.25, 0.3) is 0 Å². The standard InChI is InChI=1S/C61H43N3Si/c1-5-21-44(22-6-1)61(45-23-7-2-8-24-45)54-31-17-15-29-51(54)52-37-35-49(40-55(52)61)62(48-34-33-42-19-13-14-20-43(42)39-48)50-36-38-57-58(41-50)65-59-53-30-16-18-32-56(53)63(46-25-9-3-10-26-46)60(59)64(57)47-27-11-4-12-28-47/h1-41H,65H2. The van der Waals surface area contributed by atoms with Crippen molar-refractivity contribution in [1.29, 1.82) is 0 Å². The van der Waals surface area contributed by atoms with Crippen LogP contribution in [0.3, 0.4) is 0 Å². The number of rotatable bonds is 7. The number of nitrogens with zero attached hydrogens (tertiary/aromatic N) is 3. The minimum atomic E-state index is -1.01. The van der Waals surface area contributed by atoms with E-state index in [1.54, 1.807) is 0 Å². The van der Waals surface area contributed by atoms with E-state index in [0.717, 1.165) is 22.7 Å². The largest absolute Gasteiger partial charge is 0.310 e. The Kier molecular flexibility index (Phi) is 8.61. The van der Waals surface area contributed by atoms with Gasteiger partial charge in [-0.15, -0.1) is 0 Å². The maximum Gasteiger partial charge on any atom is 0.122 e. The Balaban J connectivity index is 1.05. The highest BCUT2D eigenvalue weighted by Gasteiger charge is 2.46. The number of anilines is 6. The number of hydrogen-bond donors (Lipinski definition) is 0. The number of hydrogen-bond acceptors (Lipinski definition) is 2. The molecule has 2 aliphatic rings. The summed E-state index contributed by atoms with van der Waals surface area (Å²) >= 11 is 0. The van der Waals surface area contributed by atoms with Gasteiger partial charge in [-0.1, -0.05) is 176 Å². The summed E-state index contributed by atoms with van der Waals surface area (Å²) in [6.45, 7) is 0. The maximum atomic E-state index is 2.51. The molecule has 13 rings (SSSR count). The van der Waals surface area contributed by atoms with Crippen molar-refractivity contribution < 1.29 is 0 Å². The second kappa shape index (κ2) is 15.0. The highest BCUT2D eigenvalue weighted by atomic mass is 28.2. The minimum absolute atomic E-state index is 0.512. The summed E-state index contributed by atoms with van der Waals surface area (Å²) in [5.41, 5.74) is 15.4. The lowest BCUT2D eigenvalue weighted by Crippen LogP contribution is -2.40. The van der Waals surface area contributed by atoms with E-state index in [1.807, 2.05) is 0 Å². The van der Waals surface area contributed by atoms with Gasteiger partial charge in [-0.25, -0.2) is 0 Å². The number of aromatic nitrogens is 1. The number of fused-ring (bicyclic) bond motifs is 8. The van der Waals surface area contributed by atoms with E-state index in [-0.39, 0.29) is 0 Å². The molecule has 0 unspecified atom stereocenters. The Labute approximate surface area is 381 Å². The molecule has 0 amide bonds. The summed E-state index contributed by atoms with van der Waals surface area (Å²) in [7, 11) is -1.01. The third-order valence-electron chi connectivity index (χ3n) is 13.8. The van der Waals surface area contributed by atoms with Crippen LogP contribution in [0.1, 0.15) is 22.3 Å². The van der Waals surface area contributed by atoms with E-state index in [4.69, 9.17) is 0 Å². The highest BCUT2D eigenvalue weighted by molar-refractivity contribution is 6.74. The molecule has 3 nitrogen and oxygen atoms in total. The second-order valence-electron chi connectivity index (χ2n) is 17.3. The molecule has 0 spiro atoms. The first-order valence-electron chi connectivity index (χ1n) is 22.6. The molecule has 2 heterocycles. The summed E-state index contributed by atoms with van der Waals surface area (Å²) in [6.07, 6.45) is 0. The summed E-state index contributed by atoms with van der Waals surface area (Å²) < 4.78 is 2.48. The zero-order valence-electron chi connectivity index (χ0n) is 35.7. The van der Waals surface area contributed by atoms with Gasteiger partial charge in [0, 0.05) is 39.5 Å². The average molecular weight is 846 g/mol. The van der Waals surface area contributed by atoms with Gasteiger partial charge in [0.15, 0.2) is 0 Å². The molecule has 0 fully saturated rings. The third kappa shape index (κ3) is 5.74. The van der Waals surface area contributed by atoms with Crippen molar-refractivity contribution >= 4 is 75.8 Å². The molecule has 0 saturated heterocycles. The quantitative estimate of drug-likeness (QED) is 0.148. The summed E-state index contributed by atoms with van der Waals surface area (Å²) in [5.74, 6) is 1.25. The molecule has 11 aromatic rings. The molecule has 1 aromatic heterocycles. The average Bonchev–Trinajstić information content (AvgIpc) is 3.87. The van der Waals surface area contributed by atoms with Crippen molar-refractivity contribution in [2.24, 2.45) is 0 Å². The predicted molar refractivity (Wildman–Crippen MR) is 275 cm³/mol. The van der Waals surface area contributed by atoms with Crippen molar-refractivity contribution in [3.8, 4) is 16.8 Å². The first-order valence-corrected chi connectivity index (χ1v) is 24.0. The van der Waals surface area contributed by atoms with Crippen molar-refractivity contribution in [3.63, 3.8) is 0 Å². The SMILES string of the molecule is c1ccc(N2c3ccc(N(c4ccc5c(c4)C(c4ccccc4)(c4ccccc4)c4ccccc4-5)c4ccc5ccccc5c4)cc3[SiH2]c3c2n(-c2ccccc2)c2ccccc32)cc1. The lowest BCUT2D eigenvalue weighted by molar-refractivity contribution is 0.768. The topological polar surface area (TPSA) is 11.4 Å². The Hall–Kier alpha value is -8.18.